The van der Waals surface area contributed by atoms with Gasteiger partial charge in [0.25, 0.3) is 5.91 Å². The van der Waals surface area contributed by atoms with Gasteiger partial charge in [-0.3, -0.25) is 9.48 Å². The van der Waals surface area contributed by atoms with E-state index in [1.165, 1.54) is 29.0 Å². The Morgan fingerprint density at radius 2 is 1.90 bits per heavy atom. The van der Waals surface area contributed by atoms with Gasteiger partial charge in [-0.15, -0.1) is 0 Å². The minimum absolute atomic E-state index is 0.0329. The first kappa shape index (κ1) is 19.9. The number of halogens is 1. The summed E-state index contributed by atoms with van der Waals surface area (Å²) in [5, 5.41) is 8.22. The maximum absolute atomic E-state index is 13.4. The molecule has 0 saturated carbocycles. The van der Waals surface area contributed by atoms with E-state index in [1.807, 2.05) is 34.8 Å². The fourth-order valence-electron chi connectivity index (χ4n) is 4.82. The summed E-state index contributed by atoms with van der Waals surface area (Å²) < 4.78 is 15.0. The molecule has 0 spiro atoms. The number of hydrogen-bond donors (Lipinski definition) is 1. The highest BCUT2D eigenvalue weighted by atomic mass is 19.1. The van der Waals surface area contributed by atoms with Gasteiger partial charge in [0.2, 0.25) is 0 Å². The summed E-state index contributed by atoms with van der Waals surface area (Å²) in [5.41, 5.74) is 6.46. The molecule has 2 aromatic carbocycles. The van der Waals surface area contributed by atoms with Gasteiger partial charge in [0.15, 0.2) is 5.69 Å². The predicted octanol–water partition coefficient (Wildman–Crippen LogP) is 3.40. The molecular weight excluding hydrogens is 391 g/mol. The van der Waals surface area contributed by atoms with Crippen LogP contribution in [0.5, 0.6) is 0 Å². The Labute approximate surface area is 181 Å². The summed E-state index contributed by atoms with van der Waals surface area (Å²) >= 11 is 0. The van der Waals surface area contributed by atoms with Crippen LogP contribution in [0, 0.1) is 5.82 Å². The molecule has 0 bridgehead atoms. The molecule has 5 nitrogen and oxygen atoms in total. The molecule has 6 heteroatoms. The number of hydrogen-bond acceptors (Lipinski definition) is 3. The summed E-state index contributed by atoms with van der Waals surface area (Å²) in [6.45, 7) is 2.06. The summed E-state index contributed by atoms with van der Waals surface area (Å²) in [7, 11) is 1.94. The van der Waals surface area contributed by atoms with Crippen molar-refractivity contribution in [2.45, 2.75) is 44.8 Å². The van der Waals surface area contributed by atoms with E-state index < -0.39 is 0 Å². The number of nitrogens with one attached hydrogen (secondary N) is 1. The van der Waals surface area contributed by atoms with Crippen molar-refractivity contribution < 1.29 is 9.18 Å². The lowest BCUT2D eigenvalue weighted by atomic mass is 9.90. The first-order valence-corrected chi connectivity index (χ1v) is 11.0. The molecule has 1 aliphatic carbocycles. The molecule has 0 radical (unpaired) electrons. The van der Waals surface area contributed by atoms with Crippen molar-refractivity contribution in [3.05, 3.63) is 88.0 Å². The zero-order valence-electron chi connectivity index (χ0n) is 17.8. The van der Waals surface area contributed by atoms with Crippen molar-refractivity contribution in [3.8, 4) is 0 Å². The van der Waals surface area contributed by atoms with E-state index in [0.717, 1.165) is 43.4 Å². The van der Waals surface area contributed by atoms with Gasteiger partial charge in [-0.05, 0) is 54.5 Å². The second kappa shape index (κ2) is 8.27. The van der Waals surface area contributed by atoms with Crippen LogP contribution in [0.3, 0.4) is 0 Å². The smallest absolute Gasteiger partial charge is 0.274 e. The second-order valence-corrected chi connectivity index (χ2v) is 8.59. The third-order valence-corrected chi connectivity index (χ3v) is 6.58. The number of carbonyl (C=O) groups excluding carboxylic acids is 1. The van der Waals surface area contributed by atoms with Gasteiger partial charge in [0.1, 0.15) is 5.82 Å². The number of fused-ring (bicyclic) bond motifs is 2. The largest absolute Gasteiger partial charge is 0.333 e. The molecule has 1 amide bonds. The third kappa shape index (κ3) is 4.00. The fraction of sp³-hybridized carbons (Fsp3) is 0.360. The van der Waals surface area contributed by atoms with E-state index in [-0.39, 0.29) is 17.8 Å². The van der Waals surface area contributed by atoms with Crippen molar-refractivity contribution in [3.63, 3.8) is 0 Å². The third-order valence-electron chi connectivity index (χ3n) is 6.58. The van der Waals surface area contributed by atoms with Gasteiger partial charge >= 0.3 is 0 Å². The topological polar surface area (TPSA) is 50.2 Å². The van der Waals surface area contributed by atoms with Crippen molar-refractivity contribution in [1.82, 2.24) is 20.0 Å². The van der Waals surface area contributed by atoms with Gasteiger partial charge in [-0.2, -0.15) is 5.10 Å². The molecule has 1 atom stereocenters. The van der Waals surface area contributed by atoms with Crippen LogP contribution in [-0.2, 0) is 39.4 Å². The number of amides is 1. The van der Waals surface area contributed by atoms with Crippen LogP contribution >= 0.6 is 0 Å². The molecule has 5 rings (SSSR count). The SMILES string of the molecule is Cn1nc(C(=O)N2CCc3ccccc3C2)c2c1CCC(NCc1ccc(F)cc1)C2. The average molecular weight is 419 g/mol. The molecule has 1 unspecified atom stereocenters. The van der Waals surface area contributed by atoms with E-state index in [1.54, 1.807) is 0 Å². The maximum atomic E-state index is 13.4. The first-order chi connectivity index (χ1) is 15.1. The van der Waals surface area contributed by atoms with Crippen LogP contribution in [0.2, 0.25) is 0 Å². The minimum Gasteiger partial charge on any atom is -0.333 e. The van der Waals surface area contributed by atoms with Crippen molar-refractivity contribution in [2.24, 2.45) is 7.05 Å². The van der Waals surface area contributed by atoms with Gasteiger partial charge < -0.3 is 10.2 Å². The number of aromatic nitrogens is 2. The van der Waals surface area contributed by atoms with Crippen molar-refractivity contribution in [1.29, 1.82) is 0 Å². The van der Waals surface area contributed by atoms with Gasteiger partial charge in [-0.25, -0.2) is 4.39 Å². The lowest BCUT2D eigenvalue weighted by Gasteiger charge is -2.29. The molecular formula is C25H27FN4O. The van der Waals surface area contributed by atoms with Crippen molar-refractivity contribution >= 4 is 5.91 Å². The average Bonchev–Trinajstić information content (AvgIpc) is 3.13. The summed E-state index contributed by atoms with van der Waals surface area (Å²) in [6.07, 6.45) is 3.57. The Bertz CT molecular complexity index is 1110. The Balaban J connectivity index is 1.31. The molecule has 3 aromatic rings. The van der Waals surface area contributed by atoms with Crippen LogP contribution in [0.25, 0.3) is 0 Å². The van der Waals surface area contributed by atoms with Crippen LogP contribution in [0.15, 0.2) is 48.5 Å². The van der Waals surface area contributed by atoms with E-state index in [0.29, 0.717) is 18.8 Å². The molecule has 0 saturated heterocycles. The van der Waals surface area contributed by atoms with Crippen LogP contribution < -0.4 is 5.32 Å². The Morgan fingerprint density at radius 3 is 2.71 bits per heavy atom. The van der Waals surface area contributed by atoms with Gasteiger partial charge in [0, 0.05) is 44.0 Å². The lowest BCUT2D eigenvalue weighted by Crippen LogP contribution is -2.38. The molecule has 31 heavy (non-hydrogen) atoms. The summed E-state index contributed by atoms with van der Waals surface area (Å²) in [4.78, 5) is 15.3. The Hall–Kier alpha value is -2.99. The van der Waals surface area contributed by atoms with E-state index >= 15 is 0 Å². The van der Waals surface area contributed by atoms with Crippen LogP contribution in [0.1, 0.15) is 44.9 Å². The maximum Gasteiger partial charge on any atom is 0.274 e. The normalized spacial score (nSPS) is 17.9. The minimum atomic E-state index is -0.218. The molecule has 1 aliphatic heterocycles. The summed E-state index contributed by atoms with van der Waals surface area (Å²) in [6, 6.07) is 15.2. The number of aryl methyl sites for hydroxylation is 1. The van der Waals surface area contributed by atoms with E-state index in [2.05, 4.69) is 28.6 Å². The number of benzene rings is 2. The zero-order chi connectivity index (χ0) is 21.4. The van der Waals surface area contributed by atoms with Crippen LogP contribution in [0.4, 0.5) is 4.39 Å². The molecule has 2 aliphatic rings. The molecule has 1 N–H and O–H groups in total. The number of carbonyl (C=O) groups is 1. The second-order valence-electron chi connectivity index (χ2n) is 8.59. The highest BCUT2D eigenvalue weighted by Crippen LogP contribution is 2.27. The van der Waals surface area contributed by atoms with E-state index in [9.17, 15) is 9.18 Å². The lowest BCUT2D eigenvalue weighted by molar-refractivity contribution is 0.0726. The van der Waals surface area contributed by atoms with Gasteiger partial charge in [-0.1, -0.05) is 36.4 Å². The summed E-state index contributed by atoms with van der Waals surface area (Å²) in [5.74, 6) is -0.185. The molecule has 160 valence electrons. The molecule has 2 heterocycles. The quantitative estimate of drug-likeness (QED) is 0.707. The Kier molecular flexibility index (Phi) is 5.32. The standard InChI is InChI=1S/C25H27FN4O/c1-29-23-11-10-21(27-15-17-6-8-20(26)9-7-17)14-22(23)24(28-29)25(31)30-13-12-18-4-2-3-5-19(18)16-30/h2-9,21,27H,10-16H2,1H3. The fourth-order valence-corrected chi connectivity index (χ4v) is 4.82. The Morgan fingerprint density at radius 1 is 1.13 bits per heavy atom. The highest BCUT2D eigenvalue weighted by Gasteiger charge is 2.31. The number of nitrogens with zero attached hydrogens (tertiary/aromatic N) is 3. The predicted molar refractivity (Wildman–Crippen MR) is 117 cm³/mol. The van der Waals surface area contributed by atoms with E-state index in [4.69, 9.17) is 0 Å². The molecule has 1 aromatic heterocycles. The molecule has 0 fully saturated rings. The first-order valence-electron chi connectivity index (χ1n) is 11.0. The zero-order valence-corrected chi connectivity index (χ0v) is 17.8. The highest BCUT2D eigenvalue weighted by molar-refractivity contribution is 5.94. The van der Waals surface area contributed by atoms with Crippen molar-refractivity contribution in [2.75, 3.05) is 6.54 Å². The number of rotatable bonds is 4. The van der Waals surface area contributed by atoms with Crippen LogP contribution in [-0.4, -0.2) is 33.2 Å². The van der Waals surface area contributed by atoms with Gasteiger partial charge in [0.05, 0.1) is 0 Å². The monoisotopic (exact) mass is 418 g/mol.